The minimum Gasteiger partial charge on any atom is -0.495 e. The number of hydrogen-bond acceptors (Lipinski definition) is 3. The number of methoxy groups -OCH3 is 1. The predicted molar refractivity (Wildman–Crippen MR) is 87.5 cm³/mol. The molecule has 0 bridgehead atoms. The molecule has 0 fully saturated rings. The molecule has 118 valence electrons. The van der Waals surface area contributed by atoms with Crippen LogP contribution in [0.3, 0.4) is 0 Å². The van der Waals surface area contributed by atoms with E-state index in [0.29, 0.717) is 5.75 Å². The highest BCUT2D eigenvalue weighted by Gasteiger charge is 2.21. The lowest BCUT2D eigenvalue weighted by Gasteiger charge is -2.15. The van der Waals surface area contributed by atoms with Crippen molar-refractivity contribution in [2.24, 2.45) is 0 Å². The highest BCUT2D eigenvalue weighted by Crippen LogP contribution is 2.23. The van der Waals surface area contributed by atoms with Gasteiger partial charge in [-0.2, -0.15) is 0 Å². The Labute approximate surface area is 132 Å². The Morgan fingerprint density at radius 3 is 2.36 bits per heavy atom. The Morgan fingerprint density at radius 2 is 1.68 bits per heavy atom. The van der Waals surface area contributed by atoms with Crippen molar-refractivity contribution in [2.75, 3.05) is 7.11 Å². The molecule has 0 aliphatic rings. The normalized spacial score (nSPS) is 12.8. The molecule has 0 spiro atoms. The molecule has 2 rings (SSSR count). The van der Waals surface area contributed by atoms with Crippen LogP contribution < -0.4 is 9.46 Å². The fourth-order valence-corrected chi connectivity index (χ4v) is 3.70. The maximum Gasteiger partial charge on any atom is 0.244 e. The van der Waals surface area contributed by atoms with Gasteiger partial charge in [0.1, 0.15) is 10.6 Å². The van der Waals surface area contributed by atoms with Crippen molar-refractivity contribution in [2.45, 2.75) is 30.7 Å². The fourth-order valence-electron chi connectivity index (χ4n) is 2.26. The van der Waals surface area contributed by atoms with Crippen LogP contribution in [0.1, 0.15) is 18.9 Å². The number of aryl methyl sites for hydroxylation is 1. The first-order valence-corrected chi connectivity index (χ1v) is 8.70. The summed E-state index contributed by atoms with van der Waals surface area (Å²) in [5.74, 6) is 0.352. The molecule has 0 aliphatic carbocycles. The lowest BCUT2D eigenvalue weighted by Crippen LogP contribution is -2.33. The molecule has 0 aliphatic heterocycles. The molecule has 0 aromatic heterocycles. The molecule has 22 heavy (non-hydrogen) atoms. The van der Waals surface area contributed by atoms with E-state index in [1.807, 2.05) is 37.3 Å². The topological polar surface area (TPSA) is 55.4 Å². The molecule has 1 unspecified atom stereocenters. The number of benzene rings is 2. The van der Waals surface area contributed by atoms with Gasteiger partial charge < -0.3 is 4.74 Å². The Balaban J connectivity index is 2.02. The van der Waals surface area contributed by atoms with Crippen LogP contribution in [0.2, 0.25) is 0 Å². The molecule has 0 radical (unpaired) electrons. The van der Waals surface area contributed by atoms with E-state index in [4.69, 9.17) is 4.74 Å². The molecule has 2 aromatic carbocycles. The average Bonchev–Trinajstić information content (AvgIpc) is 2.53. The van der Waals surface area contributed by atoms with Gasteiger partial charge in [0.15, 0.2) is 0 Å². The monoisotopic (exact) mass is 319 g/mol. The molecule has 0 heterocycles. The van der Waals surface area contributed by atoms with Crippen molar-refractivity contribution in [3.05, 3.63) is 60.2 Å². The van der Waals surface area contributed by atoms with Gasteiger partial charge in [0.25, 0.3) is 0 Å². The quantitative estimate of drug-likeness (QED) is 0.853. The number of rotatable bonds is 7. The van der Waals surface area contributed by atoms with Gasteiger partial charge in [-0.25, -0.2) is 13.1 Å². The summed E-state index contributed by atoms with van der Waals surface area (Å²) in [5.41, 5.74) is 1.20. The van der Waals surface area contributed by atoms with Crippen LogP contribution >= 0.6 is 0 Å². The van der Waals surface area contributed by atoms with E-state index >= 15 is 0 Å². The summed E-state index contributed by atoms with van der Waals surface area (Å²) < 4.78 is 32.7. The highest BCUT2D eigenvalue weighted by molar-refractivity contribution is 7.89. The predicted octanol–water partition coefficient (Wildman–Crippen LogP) is 2.99. The Kier molecular flexibility index (Phi) is 5.57. The number of sulfonamides is 1. The summed E-state index contributed by atoms with van der Waals surface area (Å²) in [6.45, 7) is 1.87. The van der Waals surface area contributed by atoms with Crippen molar-refractivity contribution >= 4 is 10.0 Å². The van der Waals surface area contributed by atoms with Crippen LogP contribution in [0.4, 0.5) is 0 Å². The SMILES string of the molecule is COc1ccccc1S(=O)(=O)NC(C)CCc1ccccc1. The minimum atomic E-state index is -3.58. The summed E-state index contributed by atoms with van der Waals surface area (Å²) in [6, 6.07) is 16.5. The molecular formula is C17H21NO3S. The third-order valence-corrected chi connectivity index (χ3v) is 5.05. The first-order chi connectivity index (χ1) is 10.5. The van der Waals surface area contributed by atoms with Crippen molar-refractivity contribution in [3.8, 4) is 5.75 Å². The van der Waals surface area contributed by atoms with Crippen molar-refractivity contribution < 1.29 is 13.2 Å². The second-order valence-corrected chi connectivity index (χ2v) is 6.88. The molecule has 5 heteroatoms. The summed E-state index contributed by atoms with van der Waals surface area (Å²) >= 11 is 0. The van der Waals surface area contributed by atoms with Gasteiger partial charge in [-0.15, -0.1) is 0 Å². The maximum atomic E-state index is 12.4. The Morgan fingerprint density at radius 1 is 1.05 bits per heavy atom. The van der Waals surface area contributed by atoms with Gasteiger partial charge in [-0.1, -0.05) is 42.5 Å². The summed E-state index contributed by atoms with van der Waals surface area (Å²) in [4.78, 5) is 0.170. The fraction of sp³-hybridized carbons (Fsp3) is 0.294. The van der Waals surface area contributed by atoms with Crippen LogP contribution in [-0.2, 0) is 16.4 Å². The van der Waals surface area contributed by atoms with E-state index < -0.39 is 10.0 Å². The van der Waals surface area contributed by atoms with Crippen LogP contribution in [0, 0.1) is 0 Å². The van der Waals surface area contributed by atoms with E-state index in [1.54, 1.807) is 24.3 Å². The molecule has 2 aromatic rings. The van der Waals surface area contributed by atoms with E-state index in [-0.39, 0.29) is 10.9 Å². The second-order valence-electron chi connectivity index (χ2n) is 5.20. The van der Waals surface area contributed by atoms with Gasteiger partial charge in [0.05, 0.1) is 7.11 Å². The van der Waals surface area contributed by atoms with E-state index in [0.717, 1.165) is 12.8 Å². The lowest BCUT2D eigenvalue weighted by atomic mass is 10.1. The van der Waals surface area contributed by atoms with Gasteiger partial charge in [-0.05, 0) is 37.5 Å². The first kappa shape index (κ1) is 16.5. The van der Waals surface area contributed by atoms with Gasteiger partial charge in [0.2, 0.25) is 10.0 Å². The summed E-state index contributed by atoms with van der Waals surface area (Å²) in [6.07, 6.45) is 1.56. The largest absolute Gasteiger partial charge is 0.495 e. The van der Waals surface area contributed by atoms with Crippen LogP contribution in [0.15, 0.2) is 59.5 Å². The van der Waals surface area contributed by atoms with E-state index in [2.05, 4.69) is 4.72 Å². The first-order valence-electron chi connectivity index (χ1n) is 7.22. The van der Waals surface area contributed by atoms with Gasteiger partial charge in [0, 0.05) is 6.04 Å². The molecule has 0 saturated heterocycles. The van der Waals surface area contributed by atoms with Crippen molar-refractivity contribution in [3.63, 3.8) is 0 Å². The van der Waals surface area contributed by atoms with Crippen LogP contribution in [-0.4, -0.2) is 21.6 Å². The van der Waals surface area contributed by atoms with Crippen LogP contribution in [0.25, 0.3) is 0 Å². The molecule has 1 atom stereocenters. The molecule has 0 saturated carbocycles. The maximum absolute atomic E-state index is 12.4. The van der Waals surface area contributed by atoms with Gasteiger partial charge >= 0.3 is 0 Å². The highest BCUT2D eigenvalue weighted by atomic mass is 32.2. The third kappa shape index (κ3) is 4.32. The average molecular weight is 319 g/mol. The zero-order valence-electron chi connectivity index (χ0n) is 12.8. The van der Waals surface area contributed by atoms with E-state index in [1.165, 1.54) is 12.7 Å². The second kappa shape index (κ2) is 7.42. The number of para-hydroxylation sites is 1. The molecule has 1 N–H and O–H groups in total. The van der Waals surface area contributed by atoms with Crippen LogP contribution in [0.5, 0.6) is 5.75 Å². The number of nitrogens with one attached hydrogen (secondary N) is 1. The van der Waals surface area contributed by atoms with E-state index in [9.17, 15) is 8.42 Å². The number of ether oxygens (including phenoxy) is 1. The Bertz CT molecular complexity index is 699. The number of hydrogen-bond donors (Lipinski definition) is 1. The smallest absolute Gasteiger partial charge is 0.244 e. The zero-order chi connectivity index (χ0) is 16.0. The zero-order valence-corrected chi connectivity index (χ0v) is 13.6. The Hall–Kier alpha value is -1.85. The van der Waals surface area contributed by atoms with Crippen molar-refractivity contribution in [1.29, 1.82) is 0 Å². The standard InChI is InChI=1S/C17H21NO3S/c1-14(12-13-15-8-4-3-5-9-15)18-22(19,20)17-11-7-6-10-16(17)21-2/h3-11,14,18H,12-13H2,1-2H3. The summed E-state index contributed by atoms with van der Waals surface area (Å²) in [5, 5.41) is 0. The van der Waals surface area contributed by atoms with Crippen molar-refractivity contribution in [1.82, 2.24) is 4.72 Å². The molecular weight excluding hydrogens is 298 g/mol. The molecule has 0 amide bonds. The van der Waals surface area contributed by atoms with Gasteiger partial charge in [-0.3, -0.25) is 0 Å². The summed E-state index contributed by atoms with van der Waals surface area (Å²) in [7, 11) is -2.12. The lowest BCUT2D eigenvalue weighted by molar-refractivity contribution is 0.402. The molecule has 4 nitrogen and oxygen atoms in total. The minimum absolute atomic E-state index is 0.157. The third-order valence-electron chi connectivity index (χ3n) is 3.42.